The third-order valence-corrected chi connectivity index (χ3v) is 4.72. The van der Waals surface area contributed by atoms with Crippen LogP contribution in [-0.2, 0) is 11.3 Å². The van der Waals surface area contributed by atoms with Gasteiger partial charge in [-0.15, -0.1) is 0 Å². The van der Waals surface area contributed by atoms with Crippen LogP contribution >= 0.6 is 0 Å². The molecule has 1 aliphatic heterocycles. The van der Waals surface area contributed by atoms with E-state index < -0.39 is 0 Å². The van der Waals surface area contributed by atoms with Crippen molar-refractivity contribution in [2.45, 2.75) is 32.2 Å². The molecule has 134 valence electrons. The van der Waals surface area contributed by atoms with Gasteiger partial charge in [0.15, 0.2) is 5.82 Å². The maximum atomic E-state index is 12.7. The van der Waals surface area contributed by atoms with Crippen molar-refractivity contribution in [3.8, 4) is 0 Å². The molecule has 3 aromatic rings. The number of rotatable bonds is 3. The van der Waals surface area contributed by atoms with Crippen LogP contribution in [0.5, 0.6) is 0 Å². The van der Waals surface area contributed by atoms with Crippen LogP contribution in [0.2, 0.25) is 0 Å². The lowest BCUT2D eigenvalue weighted by molar-refractivity contribution is -0.133. The molecule has 26 heavy (non-hydrogen) atoms. The first kappa shape index (κ1) is 16.4. The third kappa shape index (κ3) is 3.10. The van der Waals surface area contributed by atoms with Crippen LogP contribution in [0.4, 0.5) is 0 Å². The molecule has 0 N–H and O–H groups in total. The zero-order chi connectivity index (χ0) is 18.1. The number of amides is 1. The number of fused-ring (bicyclic) bond motifs is 1. The zero-order valence-corrected chi connectivity index (χ0v) is 14.5. The van der Waals surface area contributed by atoms with Gasteiger partial charge in [-0.05, 0) is 25.0 Å². The van der Waals surface area contributed by atoms with Crippen molar-refractivity contribution in [2.24, 2.45) is 0 Å². The van der Waals surface area contributed by atoms with E-state index in [4.69, 9.17) is 4.52 Å². The number of hydrogen-bond donors (Lipinski definition) is 0. The lowest BCUT2D eigenvalue weighted by Crippen LogP contribution is -2.42. The number of hydrogen-bond acceptors (Lipinski definition) is 6. The molecule has 8 nitrogen and oxygen atoms in total. The standard InChI is InChI=1S/C18H19N5O3/c1-12-20-17(21-26-12)13-5-4-8-22(9-13)16(24)10-23-11-19-15-7-3-2-6-14(15)18(23)25/h2-3,6-7,11,13H,4-5,8-10H2,1H3. The Labute approximate surface area is 149 Å². The van der Waals surface area contributed by atoms with Crippen molar-refractivity contribution in [2.75, 3.05) is 13.1 Å². The predicted molar refractivity (Wildman–Crippen MR) is 93.6 cm³/mol. The molecule has 2 aromatic heterocycles. The van der Waals surface area contributed by atoms with Gasteiger partial charge in [-0.2, -0.15) is 4.98 Å². The molecule has 0 bridgehead atoms. The Morgan fingerprint density at radius 1 is 1.35 bits per heavy atom. The van der Waals surface area contributed by atoms with E-state index in [1.165, 1.54) is 10.9 Å². The Bertz CT molecular complexity index is 1010. The van der Waals surface area contributed by atoms with Gasteiger partial charge in [0.2, 0.25) is 11.8 Å². The first-order chi connectivity index (χ1) is 12.6. The third-order valence-electron chi connectivity index (χ3n) is 4.72. The number of carbonyl (C=O) groups is 1. The highest BCUT2D eigenvalue weighted by Gasteiger charge is 2.28. The minimum absolute atomic E-state index is 0.0192. The predicted octanol–water partition coefficient (Wildman–Crippen LogP) is 1.49. The summed E-state index contributed by atoms with van der Waals surface area (Å²) in [5.74, 6) is 1.13. The molecule has 4 rings (SSSR count). The fourth-order valence-corrected chi connectivity index (χ4v) is 3.36. The van der Waals surface area contributed by atoms with Crippen LogP contribution in [0.3, 0.4) is 0 Å². The van der Waals surface area contributed by atoms with Crippen LogP contribution in [-0.4, -0.2) is 43.6 Å². The molecule has 3 heterocycles. The van der Waals surface area contributed by atoms with Gasteiger partial charge in [0.05, 0.1) is 17.2 Å². The maximum absolute atomic E-state index is 12.7. The van der Waals surface area contributed by atoms with Gasteiger partial charge in [0.1, 0.15) is 6.54 Å². The van der Waals surface area contributed by atoms with E-state index in [2.05, 4.69) is 15.1 Å². The maximum Gasteiger partial charge on any atom is 0.261 e. The van der Waals surface area contributed by atoms with Gasteiger partial charge in [0, 0.05) is 25.9 Å². The Morgan fingerprint density at radius 3 is 3.00 bits per heavy atom. The van der Waals surface area contributed by atoms with Gasteiger partial charge >= 0.3 is 0 Å². The van der Waals surface area contributed by atoms with E-state index in [9.17, 15) is 9.59 Å². The monoisotopic (exact) mass is 353 g/mol. The van der Waals surface area contributed by atoms with Gasteiger partial charge in [0.25, 0.3) is 5.56 Å². The smallest absolute Gasteiger partial charge is 0.261 e. The lowest BCUT2D eigenvalue weighted by atomic mass is 9.97. The average Bonchev–Trinajstić information content (AvgIpc) is 3.11. The van der Waals surface area contributed by atoms with Crippen molar-refractivity contribution in [1.82, 2.24) is 24.6 Å². The Morgan fingerprint density at radius 2 is 2.19 bits per heavy atom. The number of likely N-dealkylation sites (tertiary alicyclic amines) is 1. The summed E-state index contributed by atoms with van der Waals surface area (Å²) in [6.45, 7) is 2.94. The second-order valence-corrected chi connectivity index (χ2v) is 6.55. The highest BCUT2D eigenvalue weighted by atomic mass is 16.5. The summed E-state index contributed by atoms with van der Waals surface area (Å²) in [6, 6.07) is 7.13. The number of nitrogens with zero attached hydrogens (tertiary/aromatic N) is 5. The zero-order valence-electron chi connectivity index (χ0n) is 14.5. The van der Waals surface area contributed by atoms with Crippen LogP contribution in [0.1, 0.15) is 30.5 Å². The average molecular weight is 353 g/mol. The second-order valence-electron chi connectivity index (χ2n) is 6.55. The fraction of sp³-hybridized carbons (Fsp3) is 0.389. The topological polar surface area (TPSA) is 94.1 Å². The summed E-state index contributed by atoms with van der Waals surface area (Å²) < 4.78 is 6.42. The molecule has 0 radical (unpaired) electrons. The van der Waals surface area contributed by atoms with E-state index >= 15 is 0 Å². The van der Waals surface area contributed by atoms with Gasteiger partial charge in [-0.3, -0.25) is 14.2 Å². The molecular formula is C18H19N5O3. The number of carbonyl (C=O) groups excluding carboxylic acids is 1. The number of para-hydroxylation sites is 1. The van der Waals surface area contributed by atoms with Crippen molar-refractivity contribution in [1.29, 1.82) is 0 Å². The fourth-order valence-electron chi connectivity index (χ4n) is 3.36. The first-order valence-corrected chi connectivity index (χ1v) is 8.64. The number of benzene rings is 1. The summed E-state index contributed by atoms with van der Waals surface area (Å²) in [6.07, 6.45) is 3.22. The quantitative estimate of drug-likeness (QED) is 0.708. The molecule has 1 fully saturated rings. The second kappa shape index (κ2) is 6.70. The summed E-state index contributed by atoms with van der Waals surface area (Å²) in [4.78, 5) is 35.6. The molecule has 1 aliphatic rings. The van der Waals surface area contributed by atoms with E-state index in [0.29, 0.717) is 35.7 Å². The summed E-state index contributed by atoms with van der Waals surface area (Å²) in [7, 11) is 0. The molecule has 0 spiro atoms. The van der Waals surface area contributed by atoms with Crippen LogP contribution in [0, 0.1) is 6.92 Å². The van der Waals surface area contributed by atoms with Gasteiger partial charge in [-0.1, -0.05) is 17.3 Å². The minimum Gasteiger partial charge on any atom is -0.340 e. The Balaban J connectivity index is 1.51. The summed E-state index contributed by atoms with van der Waals surface area (Å²) in [5, 5.41) is 4.49. The molecule has 1 amide bonds. The normalized spacial score (nSPS) is 17.6. The molecular weight excluding hydrogens is 334 g/mol. The number of aryl methyl sites for hydroxylation is 1. The van der Waals surface area contributed by atoms with E-state index in [1.807, 2.05) is 6.07 Å². The van der Waals surface area contributed by atoms with Crippen molar-refractivity contribution < 1.29 is 9.32 Å². The lowest BCUT2D eigenvalue weighted by Gasteiger charge is -2.31. The largest absolute Gasteiger partial charge is 0.340 e. The Hall–Kier alpha value is -3.03. The molecule has 1 saturated heterocycles. The molecule has 1 aromatic carbocycles. The SMILES string of the molecule is Cc1nc(C2CCCN(C(=O)Cn3cnc4ccccc4c3=O)C2)no1. The van der Waals surface area contributed by atoms with E-state index in [-0.39, 0.29) is 23.9 Å². The highest BCUT2D eigenvalue weighted by Crippen LogP contribution is 2.25. The van der Waals surface area contributed by atoms with E-state index in [0.717, 1.165) is 12.8 Å². The molecule has 0 aliphatic carbocycles. The highest BCUT2D eigenvalue weighted by molar-refractivity contribution is 5.79. The van der Waals surface area contributed by atoms with Gasteiger partial charge in [-0.25, -0.2) is 4.98 Å². The van der Waals surface area contributed by atoms with E-state index in [1.54, 1.807) is 30.0 Å². The van der Waals surface area contributed by atoms with Crippen molar-refractivity contribution >= 4 is 16.8 Å². The molecule has 1 atom stereocenters. The number of aromatic nitrogens is 4. The van der Waals surface area contributed by atoms with Crippen molar-refractivity contribution in [3.63, 3.8) is 0 Å². The molecule has 8 heteroatoms. The van der Waals surface area contributed by atoms with Crippen molar-refractivity contribution in [3.05, 3.63) is 52.7 Å². The summed E-state index contributed by atoms with van der Waals surface area (Å²) in [5.41, 5.74) is 0.429. The molecule has 1 unspecified atom stereocenters. The number of piperidine rings is 1. The first-order valence-electron chi connectivity index (χ1n) is 8.64. The Kier molecular flexibility index (Phi) is 4.24. The minimum atomic E-state index is -0.202. The van der Waals surface area contributed by atoms with Gasteiger partial charge < -0.3 is 9.42 Å². The molecule has 0 saturated carbocycles. The van der Waals surface area contributed by atoms with Crippen LogP contribution < -0.4 is 5.56 Å². The van der Waals surface area contributed by atoms with Crippen LogP contribution in [0.25, 0.3) is 10.9 Å². The van der Waals surface area contributed by atoms with Crippen LogP contribution in [0.15, 0.2) is 39.9 Å². The summed E-state index contributed by atoms with van der Waals surface area (Å²) >= 11 is 0.